The Morgan fingerprint density at radius 2 is 1.36 bits per heavy atom. The summed E-state index contributed by atoms with van der Waals surface area (Å²) >= 11 is 0. The van der Waals surface area contributed by atoms with Crippen LogP contribution in [0.3, 0.4) is 0 Å². The van der Waals surface area contributed by atoms with Crippen LogP contribution >= 0.6 is 0 Å². The second-order valence-electron chi connectivity index (χ2n) is 17.1. The Morgan fingerprint density at radius 1 is 0.776 bits per heavy atom. The van der Waals surface area contributed by atoms with E-state index in [-0.39, 0.29) is 18.8 Å². The van der Waals surface area contributed by atoms with E-state index in [2.05, 4.69) is 22.5 Å². The quantitative estimate of drug-likeness (QED) is 0.111. The lowest BCUT2D eigenvalue weighted by Gasteiger charge is -2.43. The maximum atomic E-state index is 14.6. The van der Waals surface area contributed by atoms with E-state index in [1.165, 1.54) is 4.57 Å². The molecule has 0 aliphatic carbocycles. The fourth-order valence-electron chi connectivity index (χ4n) is 6.11. The second kappa shape index (κ2) is 18.6. The highest BCUT2D eigenvalue weighted by molar-refractivity contribution is 5.91. The van der Waals surface area contributed by atoms with Gasteiger partial charge in [0, 0.05) is 24.0 Å². The summed E-state index contributed by atoms with van der Waals surface area (Å²) in [5.74, 6) is -0.860. The first-order valence-electron chi connectivity index (χ1n) is 19.1. The van der Waals surface area contributed by atoms with Crippen LogP contribution in [0.25, 0.3) is 10.9 Å². The normalized spacial score (nSPS) is 20.9. The topological polar surface area (TPSA) is 216 Å². The molecule has 6 N–H and O–H groups in total. The maximum absolute atomic E-state index is 14.6. The van der Waals surface area contributed by atoms with Crippen LogP contribution in [0.5, 0.6) is 0 Å². The predicted octanol–water partition coefficient (Wildman–Crippen LogP) is 4.45. The Bertz CT molecular complexity index is 1910. The van der Waals surface area contributed by atoms with Crippen molar-refractivity contribution < 1.29 is 58.2 Å². The minimum atomic E-state index is -1.93. The summed E-state index contributed by atoms with van der Waals surface area (Å²) in [5, 5.41) is 41.6. The lowest BCUT2D eigenvalue weighted by Crippen LogP contribution is -2.68. The first-order valence-corrected chi connectivity index (χ1v) is 19.1. The number of hydrogen-bond acceptors (Lipinski definition) is 12. The van der Waals surface area contributed by atoms with Gasteiger partial charge in [-0.1, -0.05) is 55.1 Å². The van der Waals surface area contributed by atoms with Crippen LogP contribution in [0.15, 0.2) is 73.0 Å². The van der Waals surface area contributed by atoms with Crippen LogP contribution in [0.2, 0.25) is 0 Å². The molecule has 16 nitrogen and oxygen atoms in total. The molecule has 2 heterocycles. The van der Waals surface area contributed by atoms with Crippen LogP contribution < -0.4 is 16.0 Å². The number of rotatable bonds is 12. The number of carbonyl (C=O) groups is 4. The molecule has 0 radical (unpaired) electrons. The van der Waals surface area contributed by atoms with E-state index < -0.39 is 90.1 Å². The Morgan fingerprint density at radius 3 is 1.98 bits per heavy atom. The number of aliphatic hydroxyl groups is 3. The van der Waals surface area contributed by atoms with E-state index in [1.807, 2.05) is 42.5 Å². The highest BCUT2D eigenvalue weighted by Crippen LogP contribution is 2.27. The molecule has 0 bridgehead atoms. The van der Waals surface area contributed by atoms with Gasteiger partial charge in [-0.05, 0) is 80.0 Å². The summed E-state index contributed by atoms with van der Waals surface area (Å²) in [5.41, 5.74) is -0.920. The van der Waals surface area contributed by atoms with Crippen molar-refractivity contribution in [2.75, 3.05) is 6.54 Å². The molecule has 1 aliphatic heterocycles. The highest BCUT2D eigenvalue weighted by Gasteiger charge is 2.49. The molecule has 0 spiro atoms. The molecule has 1 fully saturated rings. The van der Waals surface area contributed by atoms with E-state index in [4.69, 9.17) is 23.7 Å². The molecular formula is C42H58N4O12. The first kappa shape index (κ1) is 45.5. The van der Waals surface area contributed by atoms with Crippen molar-refractivity contribution in [2.45, 2.75) is 135 Å². The smallest absolute Gasteiger partial charge is 0.419 e. The van der Waals surface area contributed by atoms with Gasteiger partial charge in [0.1, 0.15) is 65.7 Å². The van der Waals surface area contributed by atoms with E-state index in [9.17, 15) is 34.5 Å². The van der Waals surface area contributed by atoms with Crippen molar-refractivity contribution in [3.8, 4) is 0 Å². The molecular weight excluding hydrogens is 752 g/mol. The van der Waals surface area contributed by atoms with Gasteiger partial charge in [0.15, 0.2) is 0 Å². The fourth-order valence-corrected chi connectivity index (χ4v) is 6.11. The third-order valence-electron chi connectivity index (χ3n) is 8.63. The lowest BCUT2D eigenvalue weighted by atomic mass is 9.90. The zero-order valence-electron chi connectivity index (χ0n) is 34.6. The summed E-state index contributed by atoms with van der Waals surface area (Å²) < 4.78 is 30.0. The zero-order valence-corrected chi connectivity index (χ0v) is 34.6. The van der Waals surface area contributed by atoms with Crippen molar-refractivity contribution in [3.05, 3.63) is 84.3 Å². The molecule has 0 saturated carbocycles. The van der Waals surface area contributed by atoms with E-state index in [1.54, 1.807) is 80.5 Å². The number of aromatic nitrogens is 1. The zero-order chi connectivity index (χ0) is 43.2. The molecule has 3 amide bonds. The van der Waals surface area contributed by atoms with Crippen LogP contribution in [-0.2, 0) is 41.5 Å². The maximum Gasteiger partial charge on any atom is 0.419 e. The Labute approximate surface area is 338 Å². The number of alkyl carbamates (subject to hydrolysis) is 2. The number of benzene rings is 2. The van der Waals surface area contributed by atoms with E-state index >= 15 is 0 Å². The monoisotopic (exact) mass is 810 g/mol. The SMILES string of the molecule is C=C(OCc1ccccc1)[C@H](Cc1cc2ccccc2n1C(=O)OC(C)(C)C)NC(=O)[C@H](NC(=O)OC(C)(C)C)[C@@H]1OC(CNC(=O)OC(C)(C)C)[C@@H](O)C(O)C1O. The summed E-state index contributed by atoms with van der Waals surface area (Å²) in [7, 11) is 0. The minimum Gasteiger partial charge on any atom is -0.492 e. The van der Waals surface area contributed by atoms with Gasteiger partial charge in [0.2, 0.25) is 5.91 Å². The average molecular weight is 811 g/mol. The van der Waals surface area contributed by atoms with Crippen molar-refractivity contribution in [1.82, 2.24) is 20.5 Å². The molecule has 1 saturated heterocycles. The Balaban J connectivity index is 1.72. The molecule has 4 rings (SSSR count). The van der Waals surface area contributed by atoms with Gasteiger partial charge < -0.3 is 55.0 Å². The van der Waals surface area contributed by atoms with Gasteiger partial charge in [-0.15, -0.1) is 0 Å². The molecule has 16 heteroatoms. The fraction of sp³-hybridized carbons (Fsp3) is 0.524. The largest absolute Gasteiger partial charge is 0.492 e. The van der Waals surface area contributed by atoms with Crippen molar-refractivity contribution in [3.63, 3.8) is 0 Å². The van der Waals surface area contributed by atoms with E-state index in [0.717, 1.165) is 5.56 Å². The molecule has 3 unspecified atom stereocenters. The van der Waals surface area contributed by atoms with Gasteiger partial charge >= 0.3 is 18.3 Å². The van der Waals surface area contributed by atoms with Crippen LogP contribution in [0, 0.1) is 0 Å². The number of amides is 3. The standard InChI is InChI=1S/C42H58N4O12/c1-24(54-23-25-16-12-11-13-17-25)28(21-27-20-26-18-14-15-19-29(26)46(27)39(53)58-42(8,9)10)44-36(50)31(45-38(52)57-41(5,6)7)35-34(49)33(48)32(47)30(55-35)22-43-37(51)56-40(2,3)4/h11-20,28,30-35,47-49H,1,21-23H2,2-10H3,(H,43,51)(H,44,50)(H,45,52)/t28-,30?,31+,32+,33?,34?,35-/m0/s1. The first-order chi connectivity index (χ1) is 26.9. The minimum absolute atomic E-state index is 0.0710. The molecule has 1 aliphatic rings. The molecule has 1 aromatic heterocycles. The molecule has 7 atom stereocenters. The second-order valence-corrected chi connectivity index (χ2v) is 17.1. The van der Waals surface area contributed by atoms with Crippen molar-refractivity contribution in [2.24, 2.45) is 0 Å². The number of fused-ring (bicyclic) bond motifs is 1. The van der Waals surface area contributed by atoms with Crippen molar-refractivity contribution >= 4 is 35.1 Å². The number of hydrogen-bond donors (Lipinski definition) is 6. The van der Waals surface area contributed by atoms with Crippen molar-refractivity contribution in [1.29, 1.82) is 0 Å². The van der Waals surface area contributed by atoms with Crippen LogP contribution in [0.4, 0.5) is 14.4 Å². The third kappa shape index (κ3) is 12.9. The van der Waals surface area contributed by atoms with Crippen LogP contribution in [-0.4, -0.2) is 110 Å². The Hall–Kier alpha value is -5.16. The summed E-state index contributed by atoms with van der Waals surface area (Å²) in [6.45, 7) is 18.8. The van der Waals surface area contributed by atoms with Crippen LogP contribution in [0.1, 0.15) is 73.6 Å². The lowest BCUT2D eigenvalue weighted by molar-refractivity contribution is -0.226. The van der Waals surface area contributed by atoms with Gasteiger partial charge in [-0.2, -0.15) is 0 Å². The highest BCUT2D eigenvalue weighted by atomic mass is 16.6. The molecule has 3 aromatic rings. The molecule has 318 valence electrons. The number of carbonyl (C=O) groups excluding carboxylic acids is 4. The number of para-hydroxylation sites is 1. The molecule has 58 heavy (non-hydrogen) atoms. The Kier molecular flexibility index (Phi) is 14.6. The van der Waals surface area contributed by atoms with Gasteiger partial charge in [-0.3, -0.25) is 4.79 Å². The number of nitrogens with zero attached hydrogens (tertiary/aromatic N) is 1. The third-order valence-corrected chi connectivity index (χ3v) is 8.63. The van der Waals surface area contributed by atoms with Gasteiger partial charge in [0.25, 0.3) is 0 Å². The van der Waals surface area contributed by atoms with Gasteiger partial charge in [-0.25, -0.2) is 19.0 Å². The summed E-state index contributed by atoms with van der Waals surface area (Å²) in [6.07, 6.45) is -11.3. The molecule has 2 aromatic carbocycles. The average Bonchev–Trinajstić information content (AvgIpc) is 3.48. The number of ether oxygens (including phenoxy) is 5. The van der Waals surface area contributed by atoms with Gasteiger partial charge in [0.05, 0.1) is 11.6 Å². The summed E-state index contributed by atoms with van der Waals surface area (Å²) in [4.78, 5) is 54.0. The van der Waals surface area contributed by atoms with E-state index in [0.29, 0.717) is 16.6 Å². The predicted molar refractivity (Wildman–Crippen MR) is 214 cm³/mol. The number of nitrogens with one attached hydrogen (secondary N) is 3. The number of aliphatic hydroxyl groups excluding tert-OH is 3. The summed E-state index contributed by atoms with van der Waals surface area (Å²) in [6, 6.07) is 15.3.